The smallest absolute Gasteiger partial charge is 0.248 e. The van der Waals surface area contributed by atoms with Crippen LogP contribution in [0.1, 0.15) is 13.8 Å². The predicted octanol–water partition coefficient (Wildman–Crippen LogP) is 0.128. The summed E-state index contributed by atoms with van der Waals surface area (Å²) in [4.78, 5) is 10.6. The molecule has 0 bridgehead atoms. The third kappa shape index (κ3) is 0.598. The summed E-state index contributed by atoms with van der Waals surface area (Å²) in [5.41, 5.74) is 3.24. The molecule has 3 heteroatoms. The molecule has 1 aliphatic rings. The third-order valence-electron chi connectivity index (χ3n) is 1.36. The summed E-state index contributed by atoms with van der Waals surface area (Å²) in [5, 5.41) is 3.72. The molecule has 0 radical (unpaired) electrons. The van der Waals surface area contributed by atoms with Crippen molar-refractivity contribution < 1.29 is 4.79 Å². The van der Waals surface area contributed by atoms with Gasteiger partial charge < -0.3 is 0 Å². The van der Waals surface area contributed by atoms with Crippen molar-refractivity contribution in [2.24, 2.45) is 11.0 Å². The second-order valence-electron chi connectivity index (χ2n) is 1.95. The van der Waals surface area contributed by atoms with Crippen LogP contribution in [0.2, 0.25) is 0 Å². The Morgan fingerprint density at radius 3 is 2.50 bits per heavy atom. The van der Waals surface area contributed by atoms with E-state index in [1.54, 1.807) is 0 Å². The molecule has 0 aromatic rings. The number of carbonyl (C=O) groups excluding carboxylic acids is 1. The van der Waals surface area contributed by atoms with Crippen LogP contribution in [0.15, 0.2) is 5.10 Å². The monoisotopic (exact) mass is 112 g/mol. The number of rotatable bonds is 0. The lowest BCUT2D eigenvalue weighted by molar-refractivity contribution is -0.121. The summed E-state index contributed by atoms with van der Waals surface area (Å²) < 4.78 is 0. The highest BCUT2D eigenvalue weighted by Crippen LogP contribution is 2.03. The van der Waals surface area contributed by atoms with Crippen LogP contribution in [0.3, 0.4) is 0 Å². The fourth-order valence-corrected chi connectivity index (χ4v) is 0.527. The molecule has 1 N–H and O–H groups in total. The van der Waals surface area contributed by atoms with Crippen LogP contribution in [0.25, 0.3) is 0 Å². The fraction of sp³-hybridized carbons (Fsp3) is 0.600. The van der Waals surface area contributed by atoms with Gasteiger partial charge in [-0.25, -0.2) is 5.43 Å². The Hall–Kier alpha value is -0.860. The van der Waals surface area contributed by atoms with Gasteiger partial charge in [0.15, 0.2) is 0 Å². The average Bonchev–Trinajstić information content (AvgIpc) is 1.98. The maximum Gasteiger partial charge on any atom is 0.248 e. The van der Waals surface area contributed by atoms with Crippen molar-refractivity contribution in [1.29, 1.82) is 0 Å². The van der Waals surface area contributed by atoms with Gasteiger partial charge in [0.25, 0.3) is 0 Å². The largest absolute Gasteiger partial charge is 0.272 e. The van der Waals surface area contributed by atoms with Crippen molar-refractivity contribution >= 4 is 11.6 Å². The molecule has 1 aliphatic heterocycles. The van der Waals surface area contributed by atoms with E-state index in [1.807, 2.05) is 13.8 Å². The molecule has 0 aliphatic carbocycles. The van der Waals surface area contributed by atoms with Crippen molar-refractivity contribution in [3.05, 3.63) is 0 Å². The van der Waals surface area contributed by atoms with Crippen LogP contribution in [-0.4, -0.2) is 11.6 Å². The standard InChI is InChI=1S/C5H8N2O/c1-3-4(2)6-7-5(3)8/h3H,1-2H3,(H,7,8)/t3-/m0/s1. The number of hydrazone groups is 1. The van der Waals surface area contributed by atoms with Crippen molar-refractivity contribution in [1.82, 2.24) is 5.43 Å². The van der Waals surface area contributed by atoms with Crippen LogP contribution in [-0.2, 0) is 4.79 Å². The van der Waals surface area contributed by atoms with Gasteiger partial charge in [0.2, 0.25) is 5.91 Å². The molecule has 0 fully saturated rings. The van der Waals surface area contributed by atoms with Crippen LogP contribution < -0.4 is 5.43 Å². The molecule has 3 nitrogen and oxygen atoms in total. The number of hydrogen-bond acceptors (Lipinski definition) is 2. The molecule has 0 saturated heterocycles. The lowest BCUT2D eigenvalue weighted by Gasteiger charge is -1.93. The fourth-order valence-electron chi connectivity index (χ4n) is 0.527. The molecular formula is C5H8N2O. The maximum atomic E-state index is 10.6. The minimum atomic E-state index is -0.0185. The molecule has 0 aromatic heterocycles. The lowest BCUT2D eigenvalue weighted by Crippen LogP contribution is -2.18. The number of hydrogen-bond donors (Lipinski definition) is 1. The van der Waals surface area contributed by atoms with E-state index in [0.717, 1.165) is 5.71 Å². The first-order valence-corrected chi connectivity index (χ1v) is 2.56. The Bertz CT molecular complexity index is 151. The second kappa shape index (κ2) is 1.58. The first kappa shape index (κ1) is 5.28. The summed E-state index contributed by atoms with van der Waals surface area (Å²) in [6.45, 7) is 3.67. The molecule has 0 saturated carbocycles. The summed E-state index contributed by atoms with van der Waals surface area (Å²) in [5.74, 6) is -0.0162. The quantitative estimate of drug-likeness (QED) is 0.475. The maximum absolute atomic E-state index is 10.6. The molecule has 1 rings (SSSR count). The van der Waals surface area contributed by atoms with Gasteiger partial charge in [-0.05, 0) is 13.8 Å². The molecular weight excluding hydrogens is 104 g/mol. The molecule has 0 spiro atoms. The number of nitrogens with zero attached hydrogens (tertiary/aromatic N) is 1. The Labute approximate surface area is 47.8 Å². The zero-order valence-corrected chi connectivity index (χ0v) is 4.93. The molecule has 0 aromatic carbocycles. The second-order valence-corrected chi connectivity index (χ2v) is 1.95. The highest BCUT2D eigenvalue weighted by Gasteiger charge is 2.20. The van der Waals surface area contributed by atoms with E-state index in [4.69, 9.17) is 0 Å². The van der Waals surface area contributed by atoms with Crippen molar-refractivity contribution in [2.45, 2.75) is 13.8 Å². The van der Waals surface area contributed by atoms with Crippen molar-refractivity contribution in [2.75, 3.05) is 0 Å². The molecule has 1 heterocycles. The van der Waals surface area contributed by atoms with Gasteiger partial charge in [-0.3, -0.25) is 4.79 Å². The van der Waals surface area contributed by atoms with Crippen LogP contribution in [0, 0.1) is 5.92 Å². The molecule has 44 valence electrons. The van der Waals surface area contributed by atoms with E-state index >= 15 is 0 Å². The van der Waals surface area contributed by atoms with Gasteiger partial charge in [-0.1, -0.05) is 0 Å². The number of nitrogens with one attached hydrogen (secondary N) is 1. The molecule has 8 heavy (non-hydrogen) atoms. The van der Waals surface area contributed by atoms with Gasteiger partial charge in [-0.15, -0.1) is 0 Å². The van der Waals surface area contributed by atoms with Gasteiger partial charge in [0.05, 0.1) is 5.92 Å². The Morgan fingerprint density at radius 1 is 1.75 bits per heavy atom. The number of amides is 1. The van der Waals surface area contributed by atoms with E-state index in [-0.39, 0.29) is 11.8 Å². The average molecular weight is 112 g/mol. The summed E-state index contributed by atoms with van der Waals surface area (Å²) >= 11 is 0. The molecule has 0 unspecified atom stereocenters. The van der Waals surface area contributed by atoms with Gasteiger partial charge in [0.1, 0.15) is 0 Å². The van der Waals surface area contributed by atoms with Gasteiger partial charge in [0, 0.05) is 5.71 Å². The normalized spacial score (nSPS) is 27.5. The van der Waals surface area contributed by atoms with E-state index in [1.165, 1.54) is 0 Å². The van der Waals surface area contributed by atoms with E-state index < -0.39 is 0 Å². The Balaban J connectivity index is 2.72. The zero-order chi connectivity index (χ0) is 6.15. The summed E-state index contributed by atoms with van der Waals surface area (Å²) in [6, 6.07) is 0. The minimum Gasteiger partial charge on any atom is -0.272 e. The van der Waals surface area contributed by atoms with Crippen molar-refractivity contribution in [3.63, 3.8) is 0 Å². The SMILES string of the molecule is CC1=NNC(=O)[C@H]1C. The first-order chi connectivity index (χ1) is 3.72. The van der Waals surface area contributed by atoms with E-state index in [0.29, 0.717) is 0 Å². The molecule has 1 amide bonds. The lowest BCUT2D eigenvalue weighted by atomic mass is 10.1. The van der Waals surface area contributed by atoms with Crippen LogP contribution >= 0.6 is 0 Å². The minimum absolute atomic E-state index is 0.00231. The summed E-state index contributed by atoms with van der Waals surface area (Å²) in [7, 11) is 0. The van der Waals surface area contributed by atoms with Crippen LogP contribution in [0.4, 0.5) is 0 Å². The Kier molecular flexibility index (Phi) is 1.04. The first-order valence-electron chi connectivity index (χ1n) is 2.56. The topological polar surface area (TPSA) is 41.5 Å². The zero-order valence-electron chi connectivity index (χ0n) is 4.93. The Morgan fingerprint density at radius 2 is 2.38 bits per heavy atom. The highest BCUT2D eigenvalue weighted by molar-refractivity contribution is 6.06. The molecule has 1 atom stereocenters. The van der Waals surface area contributed by atoms with E-state index in [9.17, 15) is 4.79 Å². The van der Waals surface area contributed by atoms with E-state index in [2.05, 4.69) is 10.5 Å². The van der Waals surface area contributed by atoms with Crippen LogP contribution in [0.5, 0.6) is 0 Å². The summed E-state index contributed by atoms with van der Waals surface area (Å²) in [6.07, 6.45) is 0. The third-order valence-corrected chi connectivity index (χ3v) is 1.36. The van der Waals surface area contributed by atoms with Gasteiger partial charge >= 0.3 is 0 Å². The predicted molar refractivity (Wildman–Crippen MR) is 30.4 cm³/mol. The van der Waals surface area contributed by atoms with Gasteiger partial charge in [-0.2, -0.15) is 5.10 Å². The highest BCUT2D eigenvalue weighted by atomic mass is 16.2. The number of carbonyl (C=O) groups is 1. The van der Waals surface area contributed by atoms with Crippen molar-refractivity contribution in [3.8, 4) is 0 Å².